The number of nitrogens with two attached hydrogens (primary N) is 1. The van der Waals surface area contributed by atoms with E-state index in [2.05, 4.69) is 0 Å². The average molecular weight is 437 g/mol. The lowest BCUT2D eigenvalue weighted by Gasteiger charge is -2.12. The van der Waals surface area contributed by atoms with Crippen LogP contribution >= 0.6 is 11.3 Å². The molecule has 0 spiro atoms. The zero-order chi connectivity index (χ0) is 21.1. The van der Waals surface area contributed by atoms with Gasteiger partial charge in [0.05, 0.1) is 15.5 Å². The summed E-state index contributed by atoms with van der Waals surface area (Å²) in [5.74, 6) is 0.648. The average Bonchev–Trinajstić information content (AvgIpc) is 3.17. The molecule has 0 saturated carbocycles. The Kier molecular flexibility index (Phi) is 5.57. The summed E-state index contributed by atoms with van der Waals surface area (Å²) in [5.41, 5.74) is 7.12. The molecule has 4 aromatic rings. The van der Waals surface area contributed by atoms with Gasteiger partial charge in [-0.1, -0.05) is 42.5 Å². The van der Waals surface area contributed by atoms with E-state index in [-0.39, 0.29) is 18.2 Å². The van der Waals surface area contributed by atoms with Crippen LogP contribution in [-0.2, 0) is 22.2 Å². The molecule has 0 aliphatic heterocycles. The van der Waals surface area contributed by atoms with Crippen LogP contribution in [0.4, 0.5) is 0 Å². The molecule has 7 heteroatoms. The standard InChI is InChI=1S/C23H20N2O3S2/c24-23(25)22-12-16-10-11-19(13-21(16)29-22)28-14-17-6-4-5-7-18(17)15-30(26,27)20-8-2-1-3-9-20/h1-13H,14-15H2,(H3,24,25). The number of hydrogen-bond donors (Lipinski definition) is 2. The highest BCUT2D eigenvalue weighted by molar-refractivity contribution is 7.90. The van der Waals surface area contributed by atoms with Gasteiger partial charge in [0, 0.05) is 4.70 Å². The molecule has 0 fully saturated rings. The first-order chi connectivity index (χ1) is 14.4. The minimum Gasteiger partial charge on any atom is -0.489 e. The van der Waals surface area contributed by atoms with Gasteiger partial charge in [-0.05, 0) is 52.9 Å². The third kappa shape index (κ3) is 4.37. The van der Waals surface area contributed by atoms with Crippen molar-refractivity contribution in [3.8, 4) is 5.75 Å². The van der Waals surface area contributed by atoms with E-state index in [1.165, 1.54) is 11.3 Å². The van der Waals surface area contributed by atoms with Gasteiger partial charge in [0.2, 0.25) is 0 Å². The quantitative estimate of drug-likeness (QED) is 0.323. The Hall–Kier alpha value is -3.16. The molecule has 5 nitrogen and oxygen atoms in total. The molecule has 30 heavy (non-hydrogen) atoms. The van der Waals surface area contributed by atoms with Gasteiger partial charge in [0.15, 0.2) is 9.84 Å². The highest BCUT2D eigenvalue weighted by atomic mass is 32.2. The normalized spacial score (nSPS) is 11.5. The van der Waals surface area contributed by atoms with Crippen LogP contribution in [0.2, 0.25) is 0 Å². The summed E-state index contributed by atoms with van der Waals surface area (Å²) in [6.45, 7) is 0.261. The maximum atomic E-state index is 12.8. The first-order valence-electron chi connectivity index (χ1n) is 9.28. The fourth-order valence-corrected chi connectivity index (χ4v) is 5.53. The second-order valence-electron chi connectivity index (χ2n) is 6.85. The smallest absolute Gasteiger partial charge is 0.182 e. The Morgan fingerprint density at radius 2 is 1.63 bits per heavy atom. The van der Waals surface area contributed by atoms with Crippen LogP contribution in [0.15, 0.2) is 83.8 Å². The van der Waals surface area contributed by atoms with Gasteiger partial charge < -0.3 is 10.5 Å². The Morgan fingerprint density at radius 3 is 2.37 bits per heavy atom. The molecule has 0 amide bonds. The molecule has 0 radical (unpaired) electrons. The van der Waals surface area contributed by atoms with E-state index in [4.69, 9.17) is 15.9 Å². The molecular weight excluding hydrogens is 416 g/mol. The highest BCUT2D eigenvalue weighted by Crippen LogP contribution is 2.29. The molecule has 0 aliphatic carbocycles. The summed E-state index contributed by atoms with van der Waals surface area (Å²) >= 11 is 1.44. The van der Waals surface area contributed by atoms with E-state index >= 15 is 0 Å². The molecule has 0 atom stereocenters. The third-order valence-corrected chi connectivity index (χ3v) is 7.53. The molecule has 0 aliphatic rings. The van der Waals surface area contributed by atoms with E-state index in [1.54, 1.807) is 30.3 Å². The van der Waals surface area contributed by atoms with Crippen molar-refractivity contribution in [1.29, 1.82) is 5.41 Å². The lowest BCUT2D eigenvalue weighted by Crippen LogP contribution is -2.08. The van der Waals surface area contributed by atoms with Crippen molar-refractivity contribution >= 4 is 37.1 Å². The van der Waals surface area contributed by atoms with Crippen LogP contribution < -0.4 is 10.5 Å². The van der Waals surface area contributed by atoms with Crippen molar-refractivity contribution in [3.05, 3.63) is 94.9 Å². The monoisotopic (exact) mass is 436 g/mol. The predicted molar refractivity (Wildman–Crippen MR) is 121 cm³/mol. The number of thiophene rings is 1. The maximum absolute atomic E-state index is 12.8. The zero-order valence-corrected chi connectivity index (χ0v) is 17.7. The van der Waals surface area contributed by atoms with Crippen LogP contribution in [0.25, 0.3) is 10.1 Å². The van der Waals surface area contributed by atoms with Gasteiger partial charge >= 0.3 is 0 Å². The molecular formula is C23H20N2O3S2. The number of sulfone groups is 1. The third-order valence-electron chi connectivity index (χ3n) is 4.72. The van der Waals surface area contributed by atoms with Crippen molar-refractivity contribution in [1.82, 2.24) is 0 Å². The number of benzene rings is 3. The molecule has 1 heterocycles. The molecule has 0 bridgehead atoms. The van der Waals surface area contributed by atoms with Crippen LogP contribution in [0.3, 0.4) is 0 Å². The van der Waals surface area contributed by atoms with Crippen molar-refractivity contribution in [2.45, 2.75) is 17.3 Å². The second kappa shape index (κ2) is 8.30. The van der Waals surface area contributed by atoms with Crippen LogP contribution in [0.5, 0.6) is 5.75 Å². The number of nitrogens with one attached hydrogen (secondary N) is 1. The van der Waals surface area contributed by atoms with E-state index in [1.807, 2.05) is 48.5 Å². The van der Waals surface area contributed by atoms with E-state index < -0.39 is 9.84 Å². The lowest BCUT2D eigenvalue weighted by molar-refractivity contribution is 0.306. The summed E-state index contributed by atoms with van der Waals surface area (Å²) in [4.78, 5) is 1.03. The van der Waals surface area contributed by atoms with Crippen molar-refractivity contribution < 1.29 is 13.2 Å². The largest absolute Gasteiger partial charge is 0.489 e. The van der Waals surface area contributed by atoms with E-state index in [0.29, 0.717) is 10.6 Å². The van der Waals surface area contributed by atoms with Crippen LogP contribution in [-0.4, -0.2) is 14.3 Å². The number of amidine groups is 1. The minimum absolute atomic E-state index is 0.0484. The number of fused-ring (bicyclic) bond motifs is 1. The highest BCUT2D eigenvalue weighted by Gasteiger charge is 2.17. The Bertz CT molecular complexity index is 1310. The molecule has 4 rings (SSSR count). The number of rotatable bonds is 7. The first-order valence-corrected chi connectivity index (χ1v) is 11.7. The van der Waals surface area contributed by atoms with E-state index in [0.717, 1.165) is 26.1 Å². The summed E-state index contributed by atoms with van der Waals surface area (Å²) in [7, 11) is -3.44. The van der Waals surface area contributed by atoms with Crippen LogP contribution in [0, 0.1) is 5.41 Å². The summed E-state index contributed by atoms with van der Waals surface area (Å²) in [6, 6.07) is 23.5. The minimum atomic E-state index is -3.44. The second-order valence-corrected chi connectivity index (χ2v) is 9.93. The fourth-order valence-electron chi connectivity index (χ4n) is 3.15. The molecule has 3 N–H and O–H groups in total. The SMILES string of the molecule is N=C(N)c1cc2ccc(OCc3ccccc3CS(=O)(=O)c3ccccc3)cc2s1. The number of nitrogen functional groups attached to an aromatic ring is 1. The zero-order valence-electron chi connectivity index (χ0n) is 16.0. The van der Waals surface area contributed by atoms with E-state index in [9.17, 15) is 8.42 Å². The molecule has 0 saturated heterocycles. The molecule has 0 unspecified atom stereocenters. The molecule has 1 aromatic heterocycles. The predicted octanol–water partition coefficient (Wildman–Crippen LogP) is 4.74. The summed E-state index contributed by atoms with van der Waals surface area (Å²) < 4.78 is 32.5. The number of ether oxygens (including phenoxy) is 1. The number of hydrogen-bond acceptors (Lipinski definition) is 5. The Morgan fingerprint density at radius 1 is 0.933 bits per heavy atom. The maximum Gasteiger partial charge on any atom is 0.182 e. The van der Waals surface area contributed by atoms with Crippen molar-refractivity contribution in [3.63, 3.8) is 0 Å². The first kappa shape index (κ1) is 20.1. The topological polar surface area (TPSA) is 93.2 Å². The van der Waals surface area contributed by atoms with Gasteiger partial charge in [-0.15, -0.1) is 11.3 Å². The summed E-state index contributed by atoms with van der Waals surface area (Å²) in [6.07, 6.45) is 0. The van der Waals surface area contributed by atoms with Crippen molar-refractivity contribution in [2.24, 2.45) is 5.73 Å². The van der Waals surface area contributed by atoms with Gasteiger partial charge in [-0.2, -0.15) is 0 Å². The van der Waals surface area contributed by atoms with Crippen molar-refractivity contribution in [2.75, 3.05) is 0 Å². The van der Waals surface area contributed by atoms with Gasteiger partial charge in [-0.3, -0.25) is 5.41 Å². The summed E-state index contributed by atoms with van der Waals surface area (Å²) in [5, 5.41) is 8.59. The van der Waals surface area contributed by atoms with Gasteiger partial charge in [0.1, 0.15) is 18.2 Å². The van der Waals surface area contributed by atoms with Crippen LogP contribution in [0.1, 0.15) is 16.0 Å². The Balaban J connectivity index is 1.53. The fraction of sp³-hybridized carbons (Fsp3) is 0.0870. The molecule has 152 valence electrons. The van der Waals surface area contributed by atoms with Gasteiger partial charge in [0.25, 0.3) is 0 Å². The lowest BCUT2D eigenvalue weighted by atomic mass is 10.1. The molecule has 3 aromatic carbocycles. The van der Waals surface area contributed by atoms with Gasteiger partial charge in [-0.25, -0.2) is 8.42 Å². The Labute approximate surface area is 179 Å².